The number of carbonyl (C=O) groups is 1. The number of hydrogen-bond acceptors (Lipinski definition) is 5. The third kappa shape index (κ3) is 7.75. The molecule has 1 aromatic heterocycles. The molecular weight excluding hydrogens is 510 g/mol. The highest BCUT2D eigenvalue weighted by Crippen LogP contribution is 2.44. The third-order valence-corrected chi connectivity index (χ3v) is 7.99. The van der Waals surface area contributed by atoms with Crippen LogP contribution in [-0.2, 0) is 22.6 Å². The van der Waals surface area contributed by atoms with Crippen LogP contribution in [0, 0.1) is 26.2 Å². The first-order chi connectivity index (χ1) is 19.2. The molecule has 6 nitrogen and oxygen atoms in total. The van der Waals surface area contributed by atoms with E-state index in [9.17, 15) is 9.90 Å². The number of nitrogens with zero attached hydrogens (tertiary/aromatic N) is 2. The van der Waals surface area contributed by atoms with Gasteiger partial charge in [0.15, 0.2) is 6.10 Å². The van der Waals surface area contributed by atoms with E-state index in [-0.39, 0.29) is 5.41 Å². The maximum Gasteiger partial charge on any atom is 0.337 e. The highest BCUT2D eigenvalue weighted by atomic mass is 16.5. The van der Waals surface area contributed by atoms with Crippen LogP contribution in [0.1, 0.15) is 87.2 Å². The van der Waals surface area contributed by atoms with Gasteiger partial charge in [0.25, 0.3) is 0 Å². The van der Waals surface area contributed by atoms with Crippen molar-refractivity contribution in [2.24, 2.45) is 5.41 Å². The molecular formula is C35H47N3O3. The molecule has 1 aliphatic heterocycles. The fourth-order valence-electron chi connectivity index (χ4n) is 5.60. The van der Waals surface area contributed by atoms with Crippen LogP contribution in [0.4, 0.5) is 5.69 Å². The Labute approximate surface area is 246 Å². The Hall–Kier alpha value is -3.22. The van der Waals surface area contributed by atoms with E-state index in [2.05, 4.69) is 79.5 Å². The Balaban J connectivity index is 1.71. The minimum Gasteiger partial charge on any atom is -0.479 e. The largest absolute Gasteiger partial charge is 0.479 e. The van der Waals surface area contributed by atoms with E-state index in [1.54, 1.807) is 0 Å². The topological polar surface area (TPSA) is 74.7 Å². The number of ether oxygens (including phenoxy) is 1. The van der Waals surface area contributed by atoms with E-state index >= 15 is 0 Å². The summed E-state index contributed by atoms with van der Waals surface area (Å²) in [5.41, 5.74) is 8.61. The van der Waals surface area contributed by atoms with Crippen molar-refractivity contribution in [3.8, 4) is 11.1 Å². The van der Waals surface area contributed by atoms with Crippen LogP contribution in [0.25, 0.3) is 11.1 Å². The first kappa shape index (κ1) is 30.7. The Morgan fingerprint density at radius 3 is 2.00 bits per heavy atom. The summed E-state index contributed by atoms with van der Waals surface area (Å²) in [6.45, 7) is 19.6. The fraction of sp³-hybridized carbons (Fsp3) is 0.486. The SMILES string of the molecule is Cc1ccc(CNCc2ccc(-c3c(C)nc(C)c(C(OC(C)(C)C)C(=O)O)c3N3CCC(C)(C)CC3)cc2)cc1. The fourth-order valence-corrected chi connectivity index (χ4v) is 5.60. The number of carboxylic acid groups (broad SMARTS) is 1. The summed E-state index contributed by atoms with van der Waals surface area (Å²) in [5.74, 6) is -0.992. The molecule has 0 spiro atoms. The van der Waals surface area contributed by atoms with Crippen LogP contribution >= 0.6 is 0 Å². The second-order valence-corrected chi connectivity index (χ2v) is 13.3. The molecule has 2 heterocycles. The van der Waals surface area contributed by atoms with Gasteiger partial charge in [0.05, 0.1) is 11.3 Å². The predicted molar refractivity (Wildman–Crippen MR) is 167 cm³/mol. The van der Waals surface area contributed by atoms with Gasteiger partial charge in [-0.2, -0.15) is 0 Å². The van der Waals surface area contributed by atoms with Gasteiger partial charge in [0.2, 0.25) is 0 Å². The van der Waals surface area contributed by atoms with Crippen LogP contribution in [0.5, 0.6) is 0 Å². The van der Waals surface area contributed by atoms with Crippen molar-refractivity contribution >= 4 is 11.7 Å². The number of benzene rings is 2. The third-order valence-electron chi connectivity index (χ3n) is 7.99. The zero-order valence-corrected chi connectivity index (χ0v) is 26.1. The molecule has 2 N–H and O–H groups in total. The highest BCUT2D eigenvalue weighted by Gasteiger charge is 2.36. The smallest absolute Gasteiger partial charge is 0.337 e. The van der Waals surface area contributed by atoms with E-state index in [1.165, 1.54) is 16.7 Å². The van der Waals surface area contributed by atoms with Crippen molar-refractivity contribution in [1.29, 1.82) is 0 Å². The number of aryl methyl sites for hydroxylation is 3. The van der Waals surface area contributed by atoms with Gasteiger partial charge in [-0.1, -0.05) is 67.9 Å². The summed E-state index contributed by atoms with van der Waals surface area (Å²) in [6, 6.07) is 17.2. The lowest BCUT2D eigenvalue weighted by molar-refractivity contribution is -0.160. The Morgan fingerprint density at radius 2 is 1.49 bits per heavy atom. The molecule has 2 aromatic carbocycles. The number of piperidine rings is 1. The van der Waals surface area contributed by atoms with Crippen molar-refractivity contribution in [3.63, 3.8) is 0 Å². The van der Waals surface area contributed by atoms with Crippen molar-refractivity contribution < 1.29 is 14.6 Å². The molecule has 1 atom stereocenters. The number of hydrogen-bond donors (Lipinski definition) is 2. The quantitative estimate of drug-likeness (QED) is 0.283. The molecule has 4 rings (SSSR count). The first-order valence-corrected chi connectivity index (χ1v) is 14.8. The summed E-state index contributed by atoms with van der Waals surface area (Å²) in [4.78, 5) is 20.0. The van der Waals surface area contributed by atoms with Gasteiger partial charge in [-0.3, -0.25) is 4.98 Å². The molecule has 1 fully saturated rings. The van der Waals surface area contributed by atoms with Crippen LogP contribution in [-0.4, -0.2) is 34.8 Å². The van der Waals surface area contributed by atoms with Gasteiger partial charge >= 0.3 is 5.97 Å². The van der Waals surface area contributed by atoms with Crippen LogP contribution in [0.2, 0.25) is 0 Å². The van der Waals surface area contributed by atoms with Gasteiger partial charge in [-0.05, 0) is 76.5 Å². The molecule has 3 aromatic rings. The van der Waals surface area contributed by atoms with Gasteiger partial charge in [0.1, 0.15) is 0 Å². The van der Waals surface area contributed by atoms with Crippen LogP contribution in [0.3, 0.4) is 0 Å². The maximum absolute atomic E-state index is 12.7. The number of pyridine rings is 1. The van der Waals surface area contributed by atoms with Gasteiger partial charge in [-0.15, -0.1) is 0 Å². The zero-order chi connectivity index (χ0) is 29.9. The van der Waals surface area contributed by atoms with Gasteiger partial charge in [-0.25, -0.2) is 4.79 Å². The van der Waals surface area contributed by atoms with E-state index < -0.39 is 17.7 Å². The lowest BCUT2D eigenvalue weighted by Gasteiger charge is -2.41. The van der Waals surface area contributed by atoms with Gasteiger partial charge in [0, 0.05) is 48.7 Å². The maximum atomic E-state index is 12.7. The summed E-state index contributed by atoms with van der Waals surface area (Å²) in [6.07, 6.45) is 0.961. The standard InChI is InChI=1S/C35H47N3O3/c1-23-9-11-26(12-10-23)21-36-22-27-13-15-28(16-14-27)29-24(2)37-25(3)30(32(33(39)40)41-34(4,5)6)31(29)38-19-17-35(7,8)18-20-38/h9-16,32,36H,17-22H2,1-8H3,(H,39,40). The summed E-state index contributed by atoms with van der Waals surface area (Å²) in [5, 5.41) is 13.9. The summed E-state index contributed by atoms with van der Waals surface area (Å²) < 4.78 is 6.20. The zero-order valence-electron chi connectivity index (χ0n) is 26.1. The molecule has 1 unspecified atom stereocenters. The number of anilines is 1. The molecule has 220 valence electrons. The number of rotatable bonds is 9. The number of carboxylic acids is 1. The van der Waals surface area contributed by atoms with E-state index in [4.69, 9.17) is 9.72 Å². The number of nitrogens with one attached hydrogen (secondary N) is 1. The van der Waals surface area contributed by atoms with Crippen LogP contribution in [0.15, 0.2) is 48.5 Å². The molecule has 0 amide bonds. The Morgan fingerprint density at radius 1 is 0.951 bits per heavy atom. The summed E-state index contributed by atoms with van der Waals surface area (Å²) in [7, 11) is 0. The summed E-state index contributed by atoms with van der Waals surface area (Å²) >= 11 is 0. The lowest BCUT2D eigenvalue weighted by atomic mass is 9.81. The molecule has 1 aliphatic rings. The van der Waals surface area contributed by atoms with Crippen molar-refractivity contribution in [3.05, 3.63) is 82.2 Å². The van der Waals surface area contributed by atoms with Crippen LogP contribution < -0.4 is 10.2 Å². The lowest BCUT2D eigenvalue weighted by Crippen LogP contribution is -2.39. The average molecular weight is 558 g/mol. The predicted octanol–water partition coefficient (Wildman–Crippen LogP) is 7.53. The molecule has 41 heavy (non-hydrogen) atoms. The normalized spacial score (nSPS) is 16.0. The van der Waals surface area contributed by atoms with E-state index in [1.807, 2.05) is 34.6 Å². The molecule has 0 saturated carbocycles. The minimum atomic E-state index is -1.11. The van der Waals surface area contributed by atoms with Crippen molar-refractivity contribution in [2.45, 2.75) is 93.0 Å². The molecule has 0 bridgehead atoms. The van der Waals surface area contributed by atoms with Gasteiger partial charge < -0.3 is 20.1 Å². The van der Waals surface area contributed by atoms with Crippen molar-refractivity contribution in [2.75, 3.05) is 18.0 Å². The molecule has 0 radical (unpaired) electrons. The highest BCUT2D eigenvalue weighted by molar-refractivity contribution is 5.88. The second-order valence-electron chi connectivity index (χ2n) is 13.3. The Bertz CT molecular complexity index is 1350. The van der Waals surface area contributed by atoms with E-state index in [0.29, 0.717) is 11.3 Å². The van der Waals surface area contributed by atoms with E-state index in [0.717, 1.165) is 61.5 Å². The minimum absolute atomic E-state index is 0.259. The Kier molecular flexibility index (Phi) is 9.25. The molecule has 6 heteroatoms. The number of aromatic nitrogens is 1. The molecule has 0 aliphatic carbocycles. The second kappa shape index (κ2) is 12.3. The van der Waals surface area contributed by atoms with Crippen molar-refractivity contribution in [1.82, 2.24) is 10.3 Å². The molecule has 1 saturated heterocycles. The monoisotopic (exact) mass is 557 g/mol. The average Bonchev–Trinajstić information content (AvgIpc) is 2.88. The number of aliphatic carboxylic acids is 1. The first-order valence-electron chi connectivity index (χ1n) is 14.8.